The maximum Gasteiger partial charge on any atom is 1.00 e. The average molecular weight is 277 g/mol. The average Bonchev–Trinajstić information content (AvgIpc) is 2.30. The molecule has 19 heavy (non-hydrogen) atoms. The van der Waals surface area contributed by atoms with Gasteiger partial charge in [-0.15, -0.1) is 0 Å². The molecule has 0 aliphatic heterocycles. The largest absolute Gasteiger partial charge is 1.00 e. The van der Waals surface area contributed by atoms with Crippen LogP contribution in [-0.2, 0) is 16.0 Å². The van der Waals surface area contributed by atoms with Crippen LogP contribution in [0, 0.1) is 0 Å². The fourth-order valence-electron chi connectivity index (χ4n) is 1.36. The summed E-state index contributed by atoms with van der Waals surface area (Å²) in [4.78, 5) is 22.2. The predicted molar refractivity (Wildman–Crippen MR) is 64.2 cm³/mol. The van der Waals surface area contributed by atoms with E-state index in [0.29, 0.717) is 5.56 Å². The number of hydrogen-bond acceptors (Lipinski definition) is 4. The molecule has 2 atom stereocenters. The van der Waals surface area contributed by atoms with E-state index < -0.39 is 24.0 Å². The van der Waals surface area contributed by atoms with Gasteiger partial charge in [-0.05, 0) is 24.6 Å². The Morgan fingerprint density at radius 3 is 2.26 bits per heavy atom. The van der Waals surface area contributed by atoms with Crippen molar-refractivity contribution >= 4 is 11.9 Å². The van der Waals surface area contributed by atoms with E-state index in [1.165, 1.54) is 19.1 Å². The molecule has 6 nitrogen and oxygen atoms in total. The van der Waals surface area contributed by atoms with E-state index in [1.807, 2.05) is 0 Å². The molecular formula is C12H16NNaO5. The molecule has 0 heterocycles. The van der Waals surface area contributed by atoms with Gasteiger partial charge < -0.3 is 22.1 Å². The summed E-state index contributed by atoms with van der Waals surface area (Å²) in [6.45, 7) is 1.26. The van der Waals surface area contributed by atoms with Gasteiger partial charge in [-0.2, -0.15) is 0 Å². The molecule has 1 rings (SSSR count). The number of carbonyl (C=O) groups excluding carboxylic acids is 1. The number of aromatic hydroxyl groups is 1. The minimum absolute atomic E-state index is 0. The molecule has 0 aliphatic carbocycles. The molecule has 100 valence electrons. The summed E-state index contributed by atoms with van der Waals surface area (Å²) in [7, 11) is 0. The van der Waals surface area contributed by atoms with Crippen LogP contribution in [0.25, 0.3) is 0 Å². The number of aliphatic carboxylic acids is 1. The zero-order chi connectivity index (χ0) is 13.7. The van der Waals surface area contributed by atoms with Crippen LogP contribution in [-0.4, -0.2) is 39.3 Å². The number of hydrogen-bond donors (Lipinski definition) is 4. The number of phenolic OH excluding ortho intramolecular Hbond substituents is 1. The Labute approximate surface area is 134 Å². The third kappa shape index (κ3) is 6.07. The van der Waals surface area contributed by atoms with E-state index in [9.17, 15) is 9.59 Å². The van der Waals surface area contributed by atoms with Crippen molar-refractivity contribution in [2.75, 3.05) is 0 Å². The number of rotatable bonds is 5. The van der Waals surface area contributed by atoms with Gasteiger partial charge in [0.2, 0.25) is 5.91 Å². The molecule has 0 radical (unpaired) electrons. The van der Waals surface area contributed by atoms with Crippen molar-refractivity contribution in [2.24, 2.45) is 0 Å². The molecule has 1 aromatic carbocycles. The van der Waals surface area contributed by atoms with Gasteiger partial charge in [0.1, 0.15) is 17.9 Å². The van der Waals surface area contributed by atoms with Gasteiger partial charge >= 0.3 is 35.5 Å². The van der Waals surface area contributed by atoms with E-state index in [-0.39, 0.29) is 43.2 Å². The van der Waals surface area contributed by atoms with Crippen molar-refractivity contribution in [1.29, 1.82) is 0 Å². The number of benzene rings is 1. The minimum atomic E-state index is -1.26. The van der Waals surface area contributed by atoms with Crippen molar-refractivity contribution in [1.82, 2.24) is 5.32 Å². The smallest absolute Gasteiger partial charge is 1.00 e. The SMILES string of the molecule is CC(O)C(=O)N[C@@H](Cc1ccc(O)cc1)C(=O)O.[H-].[Na+]. The first-order valence-electron chi connectivity index (χ1n) is 5.39. The predicted octanol–water partition coefficient (Wildman–Crippen LogP) is -3.00. The first kappa shape index (κ1) is 17.9. The molecule has 0 bridgehead atoms. The Kier molecular flexibility index (Phi) is 7.70. The molecule has 0 saturated carbocycles. The van der Waals surface area contributed by atoms with Gasteiger partial charge in [-0.3, -0.25) is 4.79 Å². The number of nitrogens with one attached hydrogen (secondary N) is 1. The third-order valence-corrected chi connectivity index (χ3v) is 2.37. The van der Waals surface area contributed by atoms with Crippen molar-refractivity contribution in [3.05, 3.63) is 29.8 Å². The summed E-state index contributed by atoms with van der Waals surface area (Å²) in [5, 5.41) is 29.3. The van der Waals surface area contributed by atoms with Crippen LogP contribution in [0.1, 0.15) is 13.9 Å². The van der Waals surface area contributed by atoms with Gasteiger partial charge in [-0.25, -0.2) is 4.79 Å². The van der Waals surface area contributed by atoms with Crippen LogP contribution in [0.15, 0.2) is 24.3 Å². The number of carboxylic acids is 1. The van der Waals surface area contributed by atoms with Crippen LogP contribution in [0.3, 0.4) is 0 Å². The zero-order valence-corrected chi connectivity index (χ0v) is 12.8. The third-order valence-electron chi connectivity index (χ3n) is 2.37. The Morgan fingerprint density at radius 2 is 1.84 bits per heavy atom. The van der Waals surface area contributed by atoms with Crippen LogP contribution >= 0.6 is 0 Å². The van der Waals surface area contributed by atoms with Crippen molar-refractivity contribution < 1.29 is 55.9 Å². The second-order valence-corrected chi connectivity index (χ2v) is 3.95. The molecule has 0 aromatic heterocycles. The van der Waals surface area contributed by atoms with Crippen molar-refractivity contribution in [2.45, 2.75) is 25.5 Å². The standard InChI is InChI=1S/C12H15NO5.Na.H/c1-7(14)11(16)13-10(12(17)18)6-8-2-4-9(15)5-3-8;;/h2-5,7,10,14-15H,6H2,1H3,(H,13,16)(H,17,18);;/q;+1;-1/t7?,10-;;/m0../s1. The number of aliphatic hydroxyl groups is 1. The van der Waals surface area contributed by atoms with Gasteiger partial charge in [0.15, 0.2) is 0 Å². The van der Waals surface area contributed by atoms with Crippen molar-refractivity contribution in [3.8, 4) is 5.75 Å². The first-order chi connectivity index (χ1) is 8.40. The normalized spacial score (nSPS) is 12.9. The Bertz CT molecular complexity index is 438. The molecule has 1 unspecified atom stereocenters. The fourth-order valence-corrected chi connectivity index (χ4v) is 1.36. The molecule has 7 heteroatoms. The number of phenols is 1. The Hall–Kier alpha value is -1.08. The number of carboxylic acid groups (broad SMARTS) is 1. The van der Waals surface area contributed by atoms with E-state index in [4.69, 9.17) is 15.3 Å². The number of aliphatic hydroxyl groups excluding tert-OH is 1. The fraction of sp³-hybridized carbons (Fsp3) is 0.333. The van der Waals surface area contributed by atoms with Gasteiger partial charge in [0, 0.05) is 6.42 Å². The number of carbonyl (C=O) groups is 2. The second kappa shape index (κ2) is 8.16. The summed E-state index contributed by atoms with van der Waals surface area (Å²) in [5.74, 6) is -1.84. The first-order valence-corrected chi connectivity index (χ1v) is 5.39. The Morgan fingerprint density at radius 1 is 1.32 bits per heavy atom. The topological polar surface area (TPSA) is 107 Å². The van der Waals surface area contributed by atoms with E-state index >= 15 is 0 Å². The minimum Gasteiger partial charge on any atom is -1.00 e. The van der Waals surface area contributed by atoms with Crippen LogP contribution in [0.5, 0.6) is 5.75 Å². The molecule has 1 aromatic rings. The molecular weight excluding hydrogens is 261 g/mol. The van der Waals surface area contributed by atoms with Gasteiger partial charge in [0.25, 0.3) is 0 Å². The quantitative estimate of drug-likeness (QED) is 0.429. The molecule has 4 N–H and O–H groups in total. The summed E-state index contributed by atoms with van der Waals surface area (Å²) < 4.78 is 0. The summed E-state index contributed by atoms with van der Waals surface area (Å²) >= 11 is 0. The Balaban J connectivity index is 0. The van der Waals surface area contributed by atoms with E-state index in [2.05, 4.69) is 5.32 Å². The maximum atomic E-state index is 11.2. The number of amides is 1. The van der Waals surface area contributed by atoms with Crippen LogP contribution in [0.4, 0.5) is 0 Å². The second-order valence-electron chi connectivity index (χ2n) is 3.95. The molecule has 1 amide bonds. The van der Waals surface area contributed by atoms with Crippen molar-refractivity contribution in [3.63, 3.8) is 0 Å². The zero-order valence-electron chi connectivity index (χ0n) is 11.8. The van der Waals surface area contributed by atoms with Gasteiger partial charge in [0.05, 0.1) is 0 Å². The maximum absolute atomic E-state index is 11.2. The van der Waals surface area contributed by atoms with Crippen LogP contribution < -0.4 is 34.9 Å². The molecule has 0 aliphatic rings. The van der Waals surface area contributed by atoms with E-state index in [0.717, 1.165) is 0 Å². The molecule has 0 fully saturated rings. The summed E-state index contributed by atoms with van der Waals surface area (Å²) in [6.07, 6.45) is -1.18. The van der Waals surface area contributed by atoms with Crippen LogP contribution in [0.2, 0.25) is 0 Å². The summed E-state index contributed by atoms with van der Waals surface area (Å²) in [5.41, 5.74) is 0.658. The van der Waals surface area contributed by atoms with Gasteiger partial charge in [-0.1, -0.05) is 12.1 Å². The van der Waals surface area contributed by atoms with E-state index in [1.54, 1.807) is 12.1 Å². The molecule has 0 saturated heterocycles. The summed E-state index contributed by atoms with van der Waals surface area (Å²) in [6, 6.07) is 4.89. The monoisotopic (exact) mass is 277 g/mol. The molecule has 0 spiro atoms.